The standard InChI is InChI=1S/C10H12N2O2S/c1-7(13)15-4-2-3-8-5-9(14)10(11)12-6-8/h2-3,5-6,14H,4H2,1H3,(H2,11,12). The van der Waals surface area contributed by atoms with Gasteiger partial charge in [0, 0.05) is 18.9 Å². The molecule has 1 rings (SSSR count). The van der Waals surface area contributed by atoms with Gasteiger partial charge < -0.3 is 10.8 Å². The molecule has 1 aromatic rings. The molecule has 0 aliphatic heterocycles. The quantitative estimate of drug-likeness (QED) is 0.816. The van der Waals surface area contributed by atoms with Crippen LogP contribution in [-0.2, 0) is 4.79 Å². The number of nitrogens with two attached hydrogens (primary N) is 1. The van der Waals surface area contributed by atoms with E-state index in [9.17, 15) is 9.90 Å². The van der Waals surface area contributed by atoms with E-state index in [2.05, 4.69) is 4.98 Å². The predicted molar refractivity (Wildman–Crippen MR) is 62.5 cm³/mol. The zero-order chi connectivity index (χ0) is 11.3. The normalized spacial score (nSPS) is 10.7. The molecule has 0 spiro atoms. The van der Waals surface area contributed by atoms with Crippen molar-refractivity contribution >= 4 is 28.8 Å². The van der Waals surface area contributed by atoms with Crippen LogP contribution in [0, 0.1) is 0 Å². The second-order valence-corrected chi connectivity index (χ2v) is 4.07. The van der Waals surface area contributed by atoms with E-state index in [0.717, 1.165) is 5.56 Å². The van der Waals surface area contributed by atoms with Gasteiger partial charge in [0.25, 0.3) is 0 Å². The highest BCUT2D eigenvalue weighted by Gasteiger charge is 1.97. The third kappa shape index (κ3) is 4.03. The van der Waals surface area contributed by atoms with Crippen LogP contribution in [0.2, 0.25) is 0 Å². The molecule has 0 saturated carbocycles. The Kier molecular flexibility index (Phi) is 4.17. The monoisotopic (exact) mass is 224 g/mol. The molecular weight excluding hydrogens is 212 g/mol. The minimum Gasteiger partial charge on any atom is -0.504 e. The Morgan fingerprint density at radius 3 is 3.07 bits per heavy atom. The molecule has 0 saturated heterocycles. The van der Waals surface area contributed by atoms with Gasteiger partial charge in [-0.25, -0.2) is 4.98 Å². The van der Waals surface area contributed by atoms with Crippen LogP contribution in [-0.4, -0.2) is 21.0 Å². The van der Waals surface area contributed by atoms with E-state index in [1.165, 1.54) is 24.8 Å². The van der Waals surface area contributed by atoms with Crippen molar-refractivity contribution in [3.05, 3.63) is 23.9 Å². The smallest absolute Gasteiger partial charge is 0.186 e. The number of pyridine rings is 1. The summed E-state index contributed by atoms with van der Waals surface area (Å²) in [6.45, 7) is 1.52. The van der Waals surface area contributed by atoms with Crippen molar-refractivity contribution < 1.29 is 9.90 Å². The highest BCUT2D eigenvalue weighted by molar-refractivity contribution is 8.13. The van der Waals surface area contributed by atoms with Crippen LogP contribution in [0.3, 0.4) is 0 Å². The molecular formula is C10H12N2O2S. The summed E-state index contributed by atoms with van der Waals surface area (Å²) >= 11 is 1.22. The number of anilines is 1. The summed E-state index contributed by atoms with van der Waals surface area (Å²) in [5, 5.41) is 9.35. The lowest BCUT2D eigenvalue weighted by Crippen LogP contribution is -1.90. The molecule has 0 aliphatic carbocycles. The highest BCUT2D eigenvalue weighted by atomic mass is 32.2. The lowest BCUT2D eigenvalue weighted by atomic mass is 10.2. The van der Waals surface area contributed by atoms with E-state index in [4.69, 9.17) is 5.73 Å². The van der Waals surface area contributed by atoms with Crippen molar-refractivity contribution in [1.82, 2.24) is 4.98 Å². The summed E-state index contributed by atoms with van der Waals surface area (Å²) in [7, 11) is 0. The van der Waals surface area contributed by atoms with E-state index in [1.807, 2.05) is 6.08 Å². The molecule has 0 aliphatic rings. The molecule has 0 fully saturated rings. The first-order valence-electron chi connectivity index (χ1n) is 4.34. The second kappa shape index (κ2) is 5.41. The molecule has 0 aromatic carbocycles. The van der Waals surface area contributed by atoms with Crippen LogP contribution < -0.4 is 5.73 Å². The van der Waals surface area contributed by atoms with Gasteiger partial charge >= 0.3 is 0 Å². The van der Waals surface area contributed by atoms with Crippen LogP contribution >= 0.6 is 11.8 Å². The number of nitrogens with zero attached hydrogens (tertiary/aromatic N) is 1. The van der Waals surface area contributed by atoms with E-state index < -0.39 is 0 Å². The van der Waals surface area contributed by atoms with Crippen molar-refractivity contribution in [3.63, 3.8) is 0 Å². The lowest BCUT2D eigenvalue weighted by Gasteiger charge is -1.98. The van der Waals surface area contributed by atoms with Crippen molar-refractivity contribution in [2.45, 2.75) is 6.92 Å². The summed E-state index contributed by atoms with van der Waals surface area (Å²) in [4.78, 5) is 14.4. The molecule has 4 nitrogen and oxygen atoms in total. The zero-order valence-electron chi connectivity index (χ0n) is 8.30. The van der Waals surface area contributed by atoms with Crippen LogP contribution in [0.1, 0.15) is 12.5 Å². The molecule has 0 bridgehead atoms. The molecule has 80 valence electrons. The number of rotatable bonds is 3. The Morgan fingerprint density at radius 1 is 1.73 bits per heavy atom. The van der Waals surface area contributed by atoms with Gasteiger partial charge in [0.1, 0.15) is 0 Å². The van der Waals surface area contributed by atoms with Crippen LogP contribution in [0.5, 0.6) is 5.75 Å². The maximum atomic E-state index is 10.6. The summed E-state index contributed by atoms with van der Waals surface area (Å²) in [6, 6.07) is 1.53. The fraction of sp³-hybridized carbons (Fsp3) is 0.200. The van der Waals surface area contributed by atoms with Crippen molar-refractivity contribution in [2.75, 3.05) is 11.5 Å². The van der Waals surface area contributed by atoms with Crippen LogP contribution in [0.4, 0.5) is 5.82 Å². The Labute approximate surface area is 92.2 Å². The second-order valence-electron chi connectivity index (χ2n) is 2.88. The summed E-state index contributed by atoms with van der Waals surface area (Å²) in [5.74, 6) is 0.696. The van der Waals surface area contributed by atoms with E-state index in [-0.39, 0.29) is 16.7 Å². The van der Waals surface area contributed by atoms with E-state index in [0.29, 0.717) is 5.75 Å². The Balaban J connectivity index is 2.57. The molecule has 1 heterocycles. The molecule has 0 radical (unpaired) electrons. The number of thioether (sulfide) groups is 1. The number of hydrogen-bond donors (Lipinski definition) is 2. The molecule has 0 amide bonds. The third-order valence-corrected chi connectivity index (χ3v) is 2.38. The zero-order valence-corrected chi connectivity index (χ0v) is 9.12. The summed E-state index contributed by atoms with van der Waals surface area (Å²) in [6.07, 6.45) is 5.17. The number of aromatic nitrogens is 1. The van der Waals surface area contributed by atoms with E-state index >= 15 is 0 Å². The van der Waals surface area contributed by atoms with Gasteiger partial charge in [-0.2, -0.15) is 0 Å². The Morgan fingerprint density at radius 2 is 2.47 bits per heavy atom. The third-order valence-electron chi connectivity index (χ3n) is 1.61. The van der Waals surface area contributed by atoms with Crippen LogP contribution in [0.25, 0.3) is 6.08 Å². The predicted octanol–water partition coefficient (Wildman–Crippen LogP) is 1.66. The van der Waals surface area contributed by atoms with Crippen molar-refractivity contribution in [2.24, 2.45) is 0 Å². The van der Waals surface area contributed by atoms with Gasteiger partial charge in [-0.1, -0.05) is 23.9 Å². The number of aromatic hydroxyl groups is 1. The Hall–Kier alpha value is -1.49. The fourth-order valence-corrected chi connectivity index (χ4v) is 1.35. The maximum absolute atomic E-state index is 10.6. The molecule has 3 N–H and O–H groups in total. The number of carbonyl (C=O) groups excluding carboxylic acids is 1. The SMILES string of the molecule is CC(=O)SCC=Cc1cnc(N)c(O)c1. The molecule has 0 atom stereocenters. The Bertz CT molecular complexity index is 391. The fourth-order valence-electron chi connectivity index (χ4n) is 0.920. The van der Waals surface area contributed by atoms with Gasteiger partial charge in [0.15, 0.2) is 16.7 Å². The number of nitrogen functional groups attached to an aromatic ring is 1. The molecule has 0 unspecified atom stereocenters. The van der Waals surface area contributed by atoms with Gasteiger partial charge in [-0.05, 0) is 11.6 Å². The minimum absolute atomic E-state index is 0.0311. The number of carbonyl (C=O) groups is 1. The maximum Gasteiger partial charge on any atom is 0.186 e. The van der Waals surface area contributed by atoms with Gasteiger partial charge in [0.2, 0.25) is 0 Å². The van der Waals surface area contributed by atoms with Crippen molar-refractivity contribution in [1.29, 1.82) is 0 Å². The first kappa shape index (κ1) is 11.6. The average Bonchev–Trinajstić information content (AvgIpc) is 2.18. The first-order chi connectivity index (χ1) is 7.09. The molecule has 15 heavy (non-hydrogen) atoms. The minimum atomic E-state index is -0.0311. The van der Waals surface area contributed by atoms with Gasteiger partial charge in [-0.15, -0.1) is 0 Å². The average molecular weight is 224 g/mol. The number of hydrogen-bond acceptors (Lipinski definition) is 5. The van der Waals surface area contributed by atoms with Gasteiger partial charge in [0.05, 0.1) is 0 Å². The summed E-state index contributed by atoms with van der Waals surface area (Å²) in [5.41, 5.74) is 6.10. The lowest BCUT2D eigenvalue weighted by molar-refractivity contribution is -0.109. The highest BCUT2D eigenvalue weighted by Crippen LogP contribution is 2.18. The van der Waals surface area contributed by atoms with E-state index in [1.54, 1.807) is 12.3 Å². The topological polar surface area (TPSA) is 76.2 Å². The van der Waals surface area contributed by atoms with Crippen LogP contribution in [0.15, 0.2) is 18.3 Å². The molecule has 1 aromatic heterocycles. The summed E-state index contributed by atoms with van der Waals surface area (Å²) < 4.78 is 0. The first-order valence-corrected chi connectivity index (χ1v) is 5.32. The van der Waals surface area contributed by atoms with Gasteiger partial charge in [-0.3, -0.25) is 4.79 Å². The van der Waals surface area contributed by atoms with Crippen molar-refractivity contribution in [3.8, 4) is 5.75 Å². The largest absolute Gasteiger partial charge is 0.504 e. The molecule has 5 heteroatoms.